The van der Waals surface area contributed by atoms with Crippen LogP contribution >= 0.6 is 0 Å². The van der Waals surface area contributed by atoms with Gasteiger partial charge in [0.05, 0.1) is 30.1 Å². The number of nitrogens with zero attached hydrogens (tertiary/aromatic N) is 4. The van der Waals surface area contributed by atoms with Crippen molar-refractivity contribution in [1.82, 2.24) is 9.78 Å². The molecule has 92 valence electrons. The van der Waals surface area contributed by atoms with Crippen molar-refractivity contribution < 1.29 is 0 Å². The lowest BCUT2D eigenvalue weighted by molar-refractivity contribution is 0.612. The summed E-state index contributed by atoms with van der Waals surface area (Å²) in [6, 6.07) is 9.68. The number of hydrogen-bond acceptors (Lipinski definition) is 4. The molecule has 18 heavy (non-hydrogen) atoms. The zero-order valence-corrected chi connectivity index (χ0v) is 10.2. The number of hydrogen-bond donors (Lipinski definition) is 1. The Kier molecular flexibility index (Phi) is 3.49. The Morgan fingerprint density at radius 2 is 2.33 bits per heavy atom. The molecule has 0 bridgehead atoms. The molecule has 0 radical (unpaired) electrons. The van der Waals surface area contributed by atoms with Crippen molar-refractivity contribution in [2.45, 2.75) is 6.54 Å². The highest BCUT2D eigenvalue weighted by Gasteiger charge is 2.02. The molecule has 0 spiro atoms. The fraction of sp³-hybridized carbons (Fsp3) is 0.231. The number of nitrogen functional groups attached to an aromatic ring is 1. The van der Waals surface area contributed by atoms with Crippen LogP contribution in [0.5, 0.6) is 0 Å². The van der Waals surface area contributed by atoms with E-state index in [9.17, 15) is 0 Å². The molecule has 0 atom stereocenters. The molecule has 0 fully saturated rings. The van der Waals surface area contributed by atoms with Gasteiger partial charge < -0.3 is 10.6 Å². The topological polar surface area (TPSA) is 70.9 Å². The third-order valence-electron chi connectivity index (χ3n) is 2.73. The first-order valence-corrected chi connectivity index (χ1v) is 5.68. The average molecular weight is 241 g/mol. The molecule has 2 aromatic rings. The van der Waals surface area contributed by atoms with Crippen LogP contribution in [0.15, 0.2) is 36.7 Å². The highest BCUT2D eigenvalue weighted by molar-refractivity contribution is 5.50. The monoisotopic (exact) mass is 241 g/mol. The largest absolute Gasteiger partial charge is 0.396 e. The third kappa shape index (κ3) is 2.80. The van der Waals surface area contributed by atoms with Gasteiger partial charge in [-0.15, -0.1) is 0 Å². The van der Waals surface area contributed by atoms with Gasteiger partial charge in [0.2, 0.25) is 0 Å². The maximum absolute atomic E-state index is 8.86. The summed E-state index contributed by atoms with van der Waals surface area (Å²) >= 11 is 0. The molecule has 0 saturated heterocycles. The number of rotatable bonds is 4. The maximum Gasteiger partial charge on any atom is 0.0992 e. The van der Waals surface area contributed by atoms with Crippen LogP contribution < -0.4 is 10.6 Å². The van der Waals surface area contributed by atoms with Crippen molar-refractivity contribution >= 4 is 11.4 Å². The fourth-order valence-corrected chi connectivity index (χ4v) is 1.70. The lowest BCUT2D eigenvalue weighted by Gasteiger charge is -2.19. The molecule has 2 rings (SSSR count). The second kappa shape index (κ2) is 5.23. The van der Waals surface area contributed by atoms with E-state index >= 15 is 0 Å². The summed E-state index contributed by atoms with van der Waals surface area (Å²) in [6.07, 6.45) is 3.44. The summed E-state index contributed by atoms with van der Waals surface area (Å²) in [7, 11) is 1.99. The Morgan fingerprint density at radius 1 is 1.50 bits per heavy atom. The van der Waals surface area contributed by atoms with Crippen LogP contribution in [-0.4, -0.2) is 23.4 Å². The summed E-state index contributed by atoms with van der Waals surface area (Å²) in [4.78, 5) is 2.08. The van der Waals surface area contributed by atoms with Crippen molar-refractivity contribution in [3.8, 4) is 6.07 Å². The molecule has 1 aromatic carbocycles. The molecule has 0 unspecified atom stereocenters. The van der Waals surface area contributed by atoms with Crippen molar-refractivity contribution in [2.75, 3.05) is 24.2 Å². The Bertz CT molecular complexity index is 567. The average Bonchev–Trinajstić information content (AvgIpc) is 2.82. The second-order valence-electron chi connectivity index (χ2n) is 4.12. The summed E-state index contributed by atoms with van der Waals surface area (Å²) in [5, 5.41) is 13.0. The first kappa shape index (κ1) is 12.0. The highest BCUT2D eigenvalue weighted by atomic mass is 15.3. The van der Waals surface area contributed by atoms with E-state index in [4.69, 9.17) is 11.0 Å². The standard InChI is InChI=1S/C13H15N5/c1-17(5-6-18-10-12(15)9-16-18)13-4-2-3-11(7-13)8-14/h2-4,7,9-10H,5-6,15H2,1H3. The minimum absolute atomic E-state index is 0.669. The first-order chi connectivity index (χ1) is 8.69. The molecule has 0 amide bonds. The second-order valence-corrected chi connectivity index (χ2v) is 4.12. The van der Waals surface area contributed by atoms with E-state index in [-0.39, 0.29) is 0 Å². The van der Waals surface area contributed by atoms with Gasteiger partial charge >= 0.3 is 0 Å². The van der Waals surface area contributed by atoms with E-state index in [0.717, 1.165) is 18.8 Å². The van der Waals surface area contributed by atoms with E-state index in [0.29, 0.717) is 11.3 Å². The first-order valence-electron chi connectivity index (χ1n) is 5.68. The van der Waals surface area contributed by atoms with Crippen molar-refractivity contribution in [1.29, 1.82) is 5.26 Å². The minimum atomic E-state index is 0.669. The van der Waals surface area contributed by atoms with E-state index in [1.807, 2.05) is 25.2 Å². The smallest absolute Gasteiger partial charge is 0.0992 e. The van der Waals surface area contributed by atoms with Crippen LogP contribution in [0.3, 0.4) is 0 Å². The zero-order valence-electron chi connectivity index (χ0n) is 10.2. The molecule has 5 nitrogen and oxygen atoms in total. The number of nitrogens with two attached hydrogens (primary N) is 1. The number of anilines is 2. The number of aromatic nitrogens is 2. The van der Waals surface area contributed by atoms with Gasteiger partial charge in [-0.1, -0.05) is 6.07 Å². The summed E-state index contributed by atoms with van der Waals surface area (Å²) in [6.45, 7) is 1.56. The Morgan fingerprint density at radius 3 is 3.00 bits per heavy atom. The molecular formula is C13H15N5. The lowest BCUT2D eigenvalue weighted by Crippen LogP contribution is -2.22. The number of benzene rings is 1. The van der Waals surface area contributed by atoms with Crippen LogP contribution in [0.2, 0.25) is 0 Å². The number of likely N-dealkylation sites (N-methyl/N-ethyl adjacent to an activating group) is 1. The van der Waals surface area contributed by atoms with E-state index in [1.165, 1.54) is 0 Å². The van der Waals surface area contributed by atoms with Crippen LogP contribution in [0.4, 0.5) is 11.4 Å². The van der Waals surface area contributed by atoms with Crippen molar-refractivity contribution in [2.24, 2.45) is 0 Å². The van der Waals surface area contributed by atoms with E-state index in [2.05, 4.69) is 16.1 Å². The third-order valence-corrected chi connectivity index (χ3v) is 2.73. The molecule has 0 aliphatic carbocycles. The van der Waals surface area contributed by atoms with Crippen LogP contribution in [0, 0.1) is 11.3 Å². The SMILES string of the molecule is CN(CCn1cc(N)cn1)c1cccc(C#N)c1. The molecular weight excluding hydrogens is 226 g/mol. The molecule has 1 aromatic heterocycles. The van der Waals surface area contributed by atoms with Gasteiger partial charge in [0.15, 0.2) is 0 Å². The summed E-state index contributed by atoms with van der Waals surface area (Å²) < 4.78 is 1.81. The molecule has 0 saturated carbocycles. The molecule has 2 N–H and O–H groups in total. The molecule has 0 aliphatic heterocycles. The molecule has 1 heterocycles. The summed E-state index contributed by atoms with van der Waals surface area (Å²) in [5.41, 5.74) is 7.96. The quantitative estimate of drug-likeness (QED) is 0.880. The normalized spacial score (nSPS) is 10.0. The Hall–Kier alpha value is -2.48. The van der Waals surface area contributed by atoms with Crippen LogP contribution in [0.1, 0.15) is 5.56 Å². The Labute approximate surface area is 106 Å². The van der Waals surface area contributed by atoms with Gasteiger partial charge in [-0.3, -0.25) is 4.68 Å². The maximum atomic E-state index is 8.86. The minimum Gasteiger partial charge on any atom is -0.396 e. The Balaban J connectivity index is 1.99. The zero-order chi connectivity index (χ0) is 13.0. The lowest BCUT2D eigenvalue weighted by atomic mass is 10.2. The van der Waals surface area contributed by atoms with Gasteiger partial charge in [-0.2, -0.15) is 10.4 Å². The van der Waals surface area contributed by atoms with E-state index < -0.39 is 0 Å². The van der Waals surface area contributed by atoms with Crippen molar-refractivity contribution in [3.05, 3.63) is 42.2 Å². The predicted molar refractivity (Wildman–Crippen MR) is 71.1 cm³/mol. The van der Waals surface area contributed by atoms with Gasteiger partial charge in [0.1, 0.15) is 0 Å². The van der Waals surface area contributed by atoms with Crippen molar-refractivity contribution in [3.63, 3.8) is 0 Å². The van der Waals surface area contributed by atoms with Gasteiger partial charge in [-0.05, 0) is 18.2 Å². The summed E-state index contributed by atoms with van der Waals surface area (Å²) in [5.74, 6) is 0. The van der Waals surface area contributed by atoms with Gasteiger partial charge in [0, 0.05) is 25.5 Å². The van der Waals surface area contributed by atoms with Crippen LogP contribution in [-0.2, 0) is 6.54 Å². The molecule has 0 aliphatic rings. The predicted octanol–water partition coefficient (Wildman–Crippen LogP) is 1.47. The number of nitriles is 1. The van der Waals surface area contributed by atoms with Crippen LogP contribution in [0.25, 0.3) is 0 Å². The van der Waals surface area contributed by atoms with E-state index in [1.54, 1.807) is 23.1 Å². The van der Waals surface area contributed by atoms with Gasteiger partial charge in [0.25, 0.3) is 0 Å². The fourth-order valence-electron chi connectivity index (χ4n) is 1.70. The molecule has 5 heteroatoms. The highest BCUT2D eigenvalue weighted by Crippen LogP contribution is 2.14. The van der Waals surface area contributed by atoms with Gasteiger partial charge in [-0.25, -0.2) is 0 Å².